The van der Waals surface area contributed by atoms with Crippen LogP contribution in [0.1, 0.15) is 11.3 Å². The number of rotatable bonds is 4. The van der Waals surface area contributed by atoms with E-state index in [1.54, 1.807) is 11.3 Å². The fourth-order valence-corrected chi connectivity index (χ4v) is 3.89. The summed E-state index contributed by atoms with van der Waals surface area (Å²) in [5.74, 6) is 0. The van der Waals surface area contributed by atoms with Gasteiger partial charge in [0.2, 0.25) is 0 Å². The number of aryl methyl sites for hydroxylation is 1. The topological polar surface area (TPSA) is 26.0 Å². The lowest BCUT2D eigenvalue weighted by molar-refractivity contribution is 0.843. The van der Waals surface area contributed by atoms with Crippen molar-refractivity contribution in [1.29, 1.82) is 0 Å². The van der Waals surface area contributed by atoms with Gasteiger partial charge in [0.25, 0.3) is 0 Å². The van der Waals surface area contributed by atoms with Gasteiger partial charge in [0.1, 0.15) is 0 Å². The van der Waals surface area contributed by atoms with Gasteiger partial charge in [-0.25, -0.2) is 0 Å². The van der Waals surface area contributed by atoms with Crippen molar-refractivity contribution in [3.63, 3.8) is 0 Å². The van der Waals surface area contributed by atoms with Crippen LogP contribution in [0.25, 0.3) is 9.75 Å². The zero-order valence-electron chi connectivity index (χ0n) is 8.20. The van der Waals surface area contributed by atoms with E-state index in [4.69, 9.17) is 5.73 Å². The molecule has 0 fully saturated rings. The predicted octanol–water partition coefficient (Wildman–Crippen LogP) is 4.13. The van der Waals surface area contributed by atoms with Crippen LogP contribution in [0.15, 0.2) is 28.1 Å². The molecular weight excluding hydrogens is 290 g/mol. The second-order valence-electron chi connectivity index (χ2n) is 3.26. The molecule has 2 aromatic rings. The maximum Gasteiger partial charge on any atom is 0.0705 e. The molecule has 0 atom stereocenters. The smallest absolute Gasteiger partial charge is 0.0705 e. The molecule has 0 aliphatic heterocycles. The maximum absolute atomic E-state index is 5.50. The lowest BCUT2D eigenvalue weighted by atomic mass is 10.2. The molecule has 0 saturated carbocycles. The van der Waals surface area contributed by atoms with Gasteiger partial charge >= 0.3 is 0 Å². The third-order valence-electron chi connectivity index (χ3n) is 2.11. The molecule has 0 saturated heterocycles. The summed E-state index contributed by atoms with van der Waals surface area (Å²) >= 11 is 7.14. The van der Waals surface area contributed by atoms with Crippen molar-refractivity contribution in [3.8, 4) is 9.75 Å². The monoisotopic (exact) mass is 301 g/mol. The lowest BCUT2D eigenvalue weighted by Crippen LogP contribution is -1.98. The highest BCUT2D eigenvalue weighted by Crippen LogP contribution is 2.35. The van der Waals surface area contributed by atoms with Crippen LogP contribution in [0, 0.1) is 0 Å². The average Bonchev–Trinajstić information content (AvgIpc) is 2.83. The fraction of sp³-hybridized carbons (Fsp3) is 0.273. The largest absolute Gasteiger partial charge is 0.330 e. The van der Waals surface area contributed by atoms with Crippen molar-refractivity contribution in [2.24, 2.45) is 5.73 Å². The van der Waals surface area contributed by atoms with Crippen LogP contribution in [-0.4, -0.2) is 6.54 Å². The van der Waals surface area contributed by atoms with Crippen molar-refractivity contribution < 1.29 is 0 Å². The molecular formula is C11H12BrNS2. The first-order chi connectivity index (χ1) is 7.29. The Morgan fingerprint density at radius 2 is 1.80 bits per heavy atom. The molecule has 0 amide bonds. The van der Waals surface area contributed by atoms with Gasteiger partial charge in [0, 0.05) is 14.6 Å². The number of thiophene rings is 2. The van der Waals surface area contributed by atoms with Gasteiger partial charge in [-0.3, -0.25) is 0 Å². The van der Waals surface area contributed by atoms with E-state index in [-0.39, 0.29) is 0 Å². The number of hydrogen-bond donors (Lipinski definition) is 1. The van der Waals surface area contributed by atoms with E-state index in [2.05, 4.69) is 40.2 Å². The number of halogens is 1. The Morgan fingerprint density at radius 1 is 1.07 bits per heavy atom. The molecule has 0 bridgehead atoms. The Kier molecular flexibility index (Phi) is 3.97. The summed E-state index contributed by atoms with van der Waals surface area (Å²) in [5.41, 5.74) is 5.50. The van der Waals surface area contributed by atoms with Gasteiger partial charge in [-0.05, 0) is 59.6 Å². The third kappa shape index (κ3) is 2.91. The molecule has 2 rings (SSSR count). The summed E-state index contributed by atoms with van der Waals surface area (Å²) in [6.07, 6.45) is 2.18. The molecule has 0 spiro atoms. The molecule has 4 heteroatoms. The van der Waals surface area contributed by atoms with Crippen molar-refractivity contribution in [3.05, 3.63) is 32.9 Å². The summed E-state index contributed by atoms with van der Waals surface area (Å²) in [6.45, 7) is 0.776. The minimum Gasteiger partial charge on any atom is -0.330 e. The van der Waals surface area contributed by atoms with E-state index in [0.717, 1.165) is 19.4 Å². The van der Waals surface area contributed by atoms with Crippen molar-refractivity contribution >= 4 is 38.6 Å². The van der Waals surface area contributed by atoms with Crippen LogP contribution in [0.4, 0.5) is 0 Å². The van der Waals surface area contributed by atoms with Crippen molar-refractivity contribution in [2.45, 2.75) is 12.8 Å². The second kappa shape index (κ2) is 5.25. The van der Waals surface area contributed by atoms with Crippen LogP contribution in [0.5, 0.6) is 0 Å². The number of nitrogens with two attached hydrogens (primary N) is 1. The average molecular weight is 302 g/mol. The first-order valence-corrected chi connectivity index (χ1v) is 7.26. The molecule has 2 N–H and O–H groups in total. The zero-order valence-corrected chi connectivity index (χ0v) is 11.4. The van der Waals surface area contributed by atoms with Crippen LogP contribution in [0.3, 0.4) is 0 Å². The molecule has 0 aromatic carbocycles. The maximum atomic E-state index is 5.50. The van der Waals surface area contributed by atoms with E-state index < -0.39 is 0 Å². The summed E-state index contributed by atoms with van der Waals surface area (Å²) < 4.78 is 1.19. The van der Waals surface area contributed by atoms with Gasteiger partial charge in [0.15, 0.2) is 0 Å². The SMILES string of the molecule is NCCCc1ccc(-c2ccc(Br)s2)s1. The van der Waals surface area contributed by atoms with Crippen molar-refractivity contribution in [1.82, 2.24) is 0 Å². The summed E-state index contributed by atoms with van der Waals surface area (Å²) in [6, 6.07) is 8.67. The van der Waals surface area contributed by atoms with Crippen LogP contribution >= 0.6 is 38.6 Å². The molecule has 0 unspecified atom stereocenters. The van der Waals surface area contributed by atoms with Crippen LogP contribution in [0.2, 0.25) is 0 Å². The molecule has 0 aliphatic rings. The standard InChI is InChI=1S/C11H12BrNS2/c12-11-6-5-10(15-11)9-4-3-8(14-9)2-1-7-13/h3-6H,1-2,7,13H2. The van der Waals surface area contributed by atoms with Crippen molar-refractivity contribution in [2.75, 3.05) is 6.54 Å². The Bertz CT molecular complexity index is 433. The first kappa shape index (κ1) is 11.3. The first-order valence-electron chi connectivity index (χ1n) is 4.84. The Morgan fingerprint density at radius 3 is 2.47 bits per heavy atom. The van der Waals surface area contributed by atoms with E-state index in [1.165, 1.54) is 18.4 Å². The third-order valence-corrected chi connectivity index (χ3v) is 5.07. The highest BCUT2D eigenvalue weighted by atomic mass is 79.9. The summed E-state index contributed by atoms with van der Waals surface area (Å²) in [7, 11) is 0. The molecule has 2 aromatic heterocycles. The van der Waals surface area contributed by atoms with E-state index in [1.807, 2.05) is 11.3 Å². The molecule has 15 heavy (non-hydrogen) atoms. The molecule has 0 radical (unpaired) electrons. The van der Waals surface area contributed by atoms with Gasteiger partial charge < -0.3 is 5.73 Å². The number of hydrogen-bond acceptors (Lipinski definition) is 3. The quantitative estimate of drug-likeness (QED) is 0.903. The second-order valence-corrected chi connectivity index (χ2v) is 6.89. The normalized spacial score (nSPS) is 10.8. The highest BCUT2D eigenvalue weighted by Gasteiger charge is 2.04. The highest BCUT2D eigenvalue weighted by molar-refractivity contribution is 9.11. The fourth-order valence-electron chi connectivity index (χ4n) is 1.37. The summed E-state index contributed by atoms with van der Waals surface area (Å²) in [5, 5.41) is 0. The molecule has 80 valence electrons. The van der Waals surface area contributed by atoms with Gasteiger partial charge in [-0.15, -0.1) is 22.7 Å². The minimum atomic E-state index is 0.776. The predicted molar refractivity (Wildman–Crippen MR) is 72.7 cm³/mol. The van der Waals surface area contributed by atoms with E-state index >= 15 is 0 Å². The van der Waals surface area contributed by atoms with Crippen LogP contribution < -0.4 is 5.73 Å². The zero-order chi connectivity index (χ0) is 10.7. The molecule has 2 heterocycles. The van der Waals surface area contributed by atoms with E-state index in [9.17, 15) is 0 Å². The Hall–Kier alpha value is -0.160. The Balaban J connectivity index is 2.13. The lowest BCUT2D eigenvalue weighted by Gasteiger charge is -1.92. The summed E-state index contributed by atoms with van der Waals surface area (Å²) in [4.78, 5) is 4.13. The van der Waals surface area contributed by atoms with Crippen LogP contribution in [-0.2, 0) is 6.42 Å². The van der Waals surface area contributed by atoms with Gasteiger partial charge in [-0.1, -0.05) is 0 Å². The molecule has 0 aliphatic carbocycles. The minimum absolute atomic E-state index is 0.776. The van der Waals surface area contributed by atoms with Gasteiger partial charge in [0.05, 0.1) is 3.79 Å². The van der Waals surface area contributed by atoms with E-state index in [0.29, 0.717) is 0 Å². The van der Waals surface area contributed by atoms with Gasteiger partial charge in [-0.2, -0.15) is 0 Å². The molecule has 1 nitrogen and oxygen atoms in total. The Labute approximate surface area is 106 Å².